The van der Waals surface area contributed by atoms with E-state index >= 15 is 0 Å². The highest BCUT2D eigenvalue weighted by Gasteiger charge is 2.12. The molecule has 0 saturated carbocycles. The molecule has 0 fully saturated rings. The number of aromatic nitrogens is 1. The molecule has 0 amide bonds. The number of ether oxygens (including phenoxy) is 3. The molecule has 4 aromatic rings. The number of fused-ring (bicyclic) bond motifs is 1. The van der Waals surface area contributed by atoms with Crippen LogP contribution in [-0.4, -0.2) is 25.0 Å². The first kappa shape index (κ1) is 19.5. The Morgan fingerprint density at radius 3 is 2.00 bits per heavy atom. The number of ketones is 1. The van der Waals surface area contributed by atoms with Gasteiger partial charge in [0.05, 0.1) is 19.7 Å². The zero-order valence-corrected chi connectivity index (χ0v) is 17.0. The lowest BCUT2D eigenvalue weighted by Crippen LogP contribution is -2.01. The van der Waals surface area contributed by atoms with E-state index in [0.29, 0.717) is 34.1 Å². The van der Waals surface area contributed by atoms with Crippen molar-refractivity contribution in [2.24, 2.45) is 0 Å². The predicted molar refractivity (Wildman–Crippen MR) is 116 cm³/mol. The fourth-order valence-electron chi connectivity index (χ4n) is 3.21. The summed E-state index contributed by atoms with van der Waals surface area (Å²) in [4.78, 5) is 17.0. The summed E-state index contributed by atoms with van der Waals surface area (Å²) < 4.78 is 16.8. The summed E-state index contributed by atoms with van der Waals surface area (Å²) in [6, 6.07) is 20.1. The second-order valence-electron chi connectivity index (χ2n) is 6.86. The SMILES string of the molecule is COc1cc2nccc(Oc3ccc(C(=O)c4ccc(C)cc4)cc3)c2cc1OC. The molecule has 1 heterocycles. The van der Waals surface area contributed by atoms with Crippen LogP contribution in [0.15, 0.2) is 72.9 Å². The number of carbonyl (C=O) groups excluding carboxylic acids is 1. The standard InChI is InChI=1S/C25H21NO4/c1-16-4-6-17(7-5-16)25(27)18-8-10-19(11-9-18)30-22-12-13-26-21-15-24(29-3)23(28-2)14-20(21)22/h4-15H,1-3H3. The summed E-state index contributed by atoms with van der Waals surface area (Å²) >= 11 is 0. The molecule has 0 bridgehead atoms. The third-order valence-corrected chi connectivity index (χ3v) is 4.86. The van der Waals surface area contributed by atoms with E-state index < -0.39 is 0 Å². The lowest BCUT2D eigenvalue weighted by molar-refractivity contribution is 0.103. The van der Waals surface area contributed by atoms with E-state index in [9.17, 15) is 4.79 Å². The molecule has 5 nitrogen and oxygen atoms in total. The van der Waals surface area contributed by atoms with Crippen molar-refractivity contribution < 1.29 is 19.0 Å². The summed E-state index contributed by atoms with van der Waals surface area (Å²) in [6.07, 6.45) is 1.68. The molecular formula is C25H21NO4. The highest BCUT2D eigenvalue weighted by atomic mass is 16.5. The van der Waals surface area contributed by atoms with Gasteiger partial charge < -0.3 is 14.2 Å². The molecule has 150 valence electrons. The predicted octanol–water partition coefficient (Wildman–Crippen LogP) is 5.58. The maximum Gasteiger partial charge on any atom is 0.193 e. The van der Waals surface area contributed by atoms with Crippen molar-refractivity contribution >= 4 is 16.7 Å². The van der Waals surface area contributed by atoms with Gasteiger partial charge in [-0.05, 0) is 43.3 Å². The van der Waals surface area contributed by atoms with Gasteiger partial charge in [-0.2, -0.15) is 0 Å². The zero-order valence-electron chi connectivity index (χ0n) is 17.0. The van der Waals surface area contributed by atoms with Crippen molar-refractivity contribution in [2.75, 3.05) is 14.2 Å². The smallest absolute Gasteiger partial charge is 0.193 e. The number of methoxy groups -OCH3 is 2. The van der Waals surface area contributed by atoms with Gasteiger partial charge in [0.1, 0.15) is 11.5 Å². The van der Waals surface area contributed by atoms with Crippen molar-refractivity contribution in [1.29, 1.82) is 0 Å². The molecule has 5 heteroatoms. The number of carbonyl (C=O) groups is 1. The first-order valence-electron chi connectivity index (χ1n) is 9.49. The minimum Gasteiger partial charge on any atom is -0.493 e. The van der Waals surface area contributed by atoms with E-state index in [-0.39, 0.29) is 5.78 Å². The van der Waals surface area contributed by atoms with Gasteiger partial charge in [-0.15, -0.1) is 0 Å². The Balaban J connectivity index is 1.61. The Hall–Kier alpha value is -3.86. The van der Waals surface area contributed by atoms with Gasteiger partial charge in [-0.25, -0.2) is 0 Å². The molecule has 4 rings (SSSR count). The highest BCUT2D eigenvalue weighted by Crippen LogP contribution is 2.36. The van der Waals surface area contributed by atoms with Gasteiger partial charge in [-0.1, -0.05) is 29.8 Å². The van der Waals surface area contributed by atoms with Crippen LogP contribution in [0, 0.1) is 6.92 Å². The van der Waals surface area contributed by atoms with Crippen LogP contribution in [0.3, 0.4) is 0 Å². The van der Waals surface area contributed by atoms with Gasteiger partial charge in [0.15, 0.2) is 17.3 Å². The average molecular weight is 399 g/mol. The summed E-state index contributed by atoms with van der Waals surface area (Å²) in [5.41, 5.74) is 3.12. The van der Waals surface area contributed by atoms with Crippen molar-refractivity contribution in [1.82, 2.24) is 4.98 Å². The van der Waals surface area contributed by atoms with Crippen LogP contribution in [-0.2, 0) is 0 Å². The van der Waals surface area contributed by atoms with Gasteiger partial charge in [0, 0.05) is 28.8 Å². The van der Waals surface area contributed by atoms with Gasteiger partial charge in [0.25, 0.3) is 0 Å². The van der Waals surface area contributed by atoms with Gasteiger partial charge in [-0.3, -0.25) is 9.78 Å². The van der Waals surface area contributed by atoms with Crippen LogP contribution in [0.1, 0.15) is 21.5 Å². The molecule has 0 unspecified atom stereocenters. The fourth-order valence-corrected chi connectivity index (χ4v) is 3.21. The van der Waals surface area contributed by atoms with E-state index in [0.717, 1.165) is 16.5 Å². The number of rotatable bonds is 6. The molecule has 30 heavy (non-hydrogen) atoms. The van der Waals surface area contributed by atoms with Crippen LogP contribution >= 0.6 is 0 Å². The van der Waals surface area contributed by atoms with E-state index in [1.807, 2.05) is 43.3 Å². The molecule has 0 atom stereocenters. The topological polar surface area (TPSA) is 57.7 Å². The number of pyridine rings is 1. The maximum atomic E-state index is 12.7. The first-order chi connectivity index (χ1) is 14.6. The van der Waals surface area contributed by atoms with Crippen molar-refractivity contribution in [3.05, 3.63) is 89.6 Å². The summed E-state index contributed by atoms with van der Waals surface area (Å²) in [6.45, 7) is 1.99. The maximum absolute atomic E-state index is 12.7. The summed E-state index contributed by atoms with van der Waals surface area (Å²) in [7, 11) is 3.17. The second kappa shape index (κ2) is 8.25. The zero-order chi connectivity index (χ0) is 21.1. The molecule has 0 aliphatic heterocycles. The van der Waals surface area contributed by atoms with E-state index in [4.69, 9.17) is 14.2 Å². The average Bonchev–Trinajstić information content (AvgIpc) is 2.79. The summed E-state index contributed by atoms with van der Waals surface area (Å²) in [5, 5.41) is 0.801. The Kier molecular flexibility index (Phi) is 5.35. The van der Waals surface area contributed by atoms with E-state index in [1.54, 1.807) is 50.7 Å². The van der Waals surface area contributed by atoms with Crippen molar-refractivity contribution in [2.45, 2.75) is 6.92 Å². The van der Waals surface area contributed by atoms with E-state index in [1.165, 1.54) is 0 Å². The molecule has 0 spiro atoms. The highest BCUT2D eigenvalue weighted by molar-refractivity contribution is 6.09. The minimum atomic E-state index is -0.0206. The molecule has 0 radical (unpaired) electrons. The molecule has 3 aromatic carbocycles. The monoisotopic (exact) mass is 399 g/mol. The molecule has 0 saturated heterocycles. The Morgan fingerprint density at radius 1 is 0.767 bits per heavy atom. The molecule has 0 aliphatic rings. The minimum absolute atomic E-state index is 0.0206. The second-order valence-corrected chi connectivity index (χ2v) is 6.86. The van der Waals surface area contributed by atoms with Gasteiger partial charge >= 0.3 is 0 Å². The number of benzene rings is 3. The molecule has 0 N–H and O–H groups in total. The number of hydrogen-bond acceptors (Lipinski definition) is 5. The molecule has 1 aromatic heterocycles. The summed E-state index contributed by atoms with van der Waals surface area (Å²) in [5.74, 6) is 2.44. The molecular weight excluding hydrogens is 378 g/mol. The fraction of sp³-hybridized carbons (Fsp3) is 0.120. The first-order valence-corrected chi connectivity index (χ1v) is 9.49. The van der Waals surface area contributed by atoms with Crippen LogP contribution in [0.2, 0.25) is 0 Å². The van der Waals surface area contributed by atoms with Crippen molar-refractivity contribution in [3.8, 4) is 23.0 Å². The normalized spacial score (nSPS) is 10.6. The number of nitrogens with zero attached hydrogens (tertiary/aromatic N) is 1. The van der Waals surface area contributed by atoms with Crippen molar-refractivity contribution in [3.63, 3.8) is 0 Å². The van der Waals surface area contributed by atoms with Crippen LogP contribution < -0.4 is 14.2 Å². The Bertz CT molecular complexity index is 1200. The third-order valence-electron chi connectivity index (χ3n) is 4.86. The van der Waals surface area contributed by atoms with Crippen LogP contribution in [0.5, 0.6) is 23.0 Å². The van der Waals surface area contributed by atoms with Crippen LogP contribution in [0.4, 0.5) is 0 Å². The quantitative estimate of drug-likeness (QED) is 0.396. The lowest BCUT2D eigenvalue weighted by atomic mass is 10.0. The lowest BCUT2D eigenvalue weighted by Gasteiger charge is -2.12. The van der Waals surface area contributed by atoms with Gasteiger partial charge in [0.2, 0.25) is 0 Å². The number of hydrogen-bond donors (Lipinski definition) is 0. The third kappa shape index (κ3) is 3.82. The molecule has 0 aliphatic carbocycles. The number of aryl methyl sites for hydroxylation is 1. The Morgan fingerprint density at radius 2 is 1.37 bits per heavy atom. The largest absolute Gasteiger partial charge is 0.493 e. The van der Waals surface area contributed by atoms with Crippen LogP contribution in [0.25, 0.3) is 10.9 Å². The Labute approximate surface area is 174 Å². The van der Waals surface area contributed by atoms with E-state index in [2.05, 4.69) is 4.98 Å².